The van der Waals surface area contributed by atoms with Gasteiger partial charge in [-0.3, -0.25) is 14.4 Å². The van der Waals surface area contributed by atoms with Gasteiger partial charge >= 0.3 is 6.18 Å². The van der Waals surface area contributed by atoms with Crippen molar-refractivity contribution in [3.8, 4) is 0 Å². The van der Waals surface area contributed by atoms with Crippen molar-refractivity contribution in [2.45, 2.75) is 44.0 Å². The molecule has 4 aromatic rings. The van der Waals surface area contributed by atoms with Gasteiger partial charge in [0.15, 0.2) is 0 Å². The van der Waals surface area contributed by atoms with Crippen molar-refractivity contribution in [3.63, 3.8) is 0 Å². The summed E-state index contributed by atoms with van der Waals surface area (Å²) in [7, 11) is 0. The Kier molecular flexibility index (Phi) is 8.47. The Bertz CT molecular complexity index is 1730. The standard InChI is InChI=1S/C30H29F3N4O3S2/c1-17-9-10-18(2)22(15-17)41-16-23-34-26(38)24-19(3)25(42-27(24)35-23)29(40)37-12-6-11-36(13-14-37)28(39)20-7-4-5-8-21(20)30(31,32)33/h4-5,7-10,15H,6,11-14,16H2,1-3H3,(H,34,35,38). The van der Waals surface area contributed by atoms with Gasteiger partial charge in [0.05, 0.1) is 27.1 Å². The lowest BCUT2D eigenvalue weighted by atomic mass is 10.1. The van der Waals surface area contributed by atoms with E-state index in [1.165, 1.54) is 23.1 Å². The van der Waals surface area contributed by atoms with Crippen molar-refractivity contribution in [3.05, 3.63) is 91.3 Å². The second-order valence-corrected chi connectivity index (χ2v) is 12.3. The smallest absolute Gasteiger partial charge is 0.337 e. The molecule has 1 aliphatic heterocycles. The highest BCUT2D eigenvalue weighted by molar-refractivity contribution is 7.98. The van der Waals surface area contributed by atoms with Crippen LogP contribution in [-0.2, 0) is 11.9 Å². The molecular weight excluding hydrogens is 585 g/mol. The van der Waals surface area contributed by atoms with Crippen LogP contribution in [0.2, 0.25) is 0 Å². The third-order valence-corrected chi connectivity index (χ3v) is 9.63. The van der Waals surface area contributed by atoms with Gasteiger partial charge in [0, 0.05) is 31.1 Å². The number of carbonyl (C=O) groups is 2. The molecule has 0 aliphatic carbocycles. The number of rotatable bonds is 5. The van der Waals surface area contributed by atoms with Gasteiger partial charge in [0.1, 0.15) is 10.7 Å². The van der Waals surface area contributed by atoms with Crippen LogP contribution in [0.15, 0.2) is 52.2 Å². The van der Waals surface area contributed by atoms with Crippen molar-refractivity contribution >= 4 is 45.1 Å². The van der Waals surface area contributed by atoms with E-state index in [2.05, 4.69) is 22.1 Å². The summed E-state index contributed by atoms with van der Waals surface area (Å²) < 4.78 is 40.5. The normalized spacial score (nSPS) is 14.3. The van der Waals surface area contributed by atoms with Gasteiger partial charge in [-0.2, -0.15) is 13.2 Å². The molecule has 42 heavy (non-hydrogen) atoms. The Morgan fingerprint density at radius 2 is 1.69 bits per heavy atom. The zero-order chi connectivity index (χ0) is 30.2. The first kappa shape index (κ1) is 29.8. The minimum absolute atomic E-state index is 0.0965. The number of benzene rings is 2. The Hall–Kier alpha value is -3.64. The highest BCUT2D eigenvalue weighted by atomic mass is 32.2. The molecule has 0 radical (unpaired) electrons. The molecule has 2 amide bonds. The highest BCUT2D eigenvalue weighted by Gasteiger charge is 2.36. The monoisotopic (exact) mass is 614 g/mol. The Labute approximate surface area is 248 Å². The van der Waals surface area contributed by atoms with E-state index < -0.39 is 23.2 Å². The summed E-state index contributed by atoms with van der Waals surface area (Å²) in [5.41, 5.74) is 1.14. The molecule has 5 rings (SSSR count). The molecular formula is C30H29F3N4O3S2. The summed E-state index contributed by atoms with van der Waals surface area (Å²) in [6.45, 7) is 6.58. The van der Waals surface area contributed by atoms with E-state index in [-0.39, 0.29) is 31.1 Å². The summed E-state index contributed by atoms with van der Waals surface area (Å²) in [4.78, 5) is 52.1. The number of hydrogen-bond acceptors (Lipinski definition) is 6. The van der Waals surface area contributed by atoms with Crippen molar-refractivity contribution in [1.82, 2.24) is 19.8 Å². The van der Waals surface area contributed by atoms with Crippen LogP contribution in [0.25, 0.3) is 10.2 Å². The lowest BCUT2D eigenvalue weighted by Crippen LogP contribution is -2.38. The van der Waals surface area contributed by atoms with Crippen LogP contribution in [0.1, 0.15) is 54.5 Å². The quantitative estimate of drug-likeness (QED) is 0.270. The predicted octanol–water partition coefficient (Wildman–Crippen LogP) is 6.21. The van der Waals surface area contributed by atoms with Gasteiger partial charge < -0.3 is 14.8 Å². The summed E-state index contributed by atoms with van der Waals surface area (Å²) in [5.74, 6) is -0.0199. The zero-order valence-electron chi connectivity index (χ0n) is 23.3. The second kappa shape index (κ2) is 11.9. The number of fused-ring (bicyclic) bond motifs is 1. The number of alkyl halides is 3. The van der Waals surface area contributed by atoms with Gasteiger partial charge in [-0.1, -0.05) is 29.8 Å². The maximum Gasteiger partial charge on any atom is 0.417 e. The van der Waals surface area contributed by atoms with Crippen LogP contribution in [0.5, 0.6) is 0 Å². The lowest BCUT2D eigenvalue weighted by molar-refractivity contribution is -0.138. The number of nitrogens with zero attached hydrogens (tertiary/aromatic N) is 3. The molecule has 7 nitrogen and oxygen atoms in total. The first-order chi connectivity index (χ1) is 19.9. The highest BCUT2D eigenvalue weighted by Crippen LogP contribution is 2.33. The first-order valence-electron chi connectivity index (χ1n) is 13.4. The number of aromatic amines is 1. The fourth-order valence-electron chi connectivity index (χ4n) is 5.02. The van der Waals surface area contributed by atoms with Crippen molar-refractivity contribution < 1.29 is 22.8 Å². The minimum atomic E-state index is -4.65. The number of thioether (sulfide) groups is 1. The molecule has 1 fully saturated rings. The molecule has 3 heterocycles. The number of H-pyrrole nitrogens is 1. The number of hydrogen-bond donors (Lipinski definition) is 1. The molecule has 1 aliphatic rings. The van der Waals surface area contributed by atoms with E-state index in [0.29, 0.717) is 45.2 Å². The number of carbonyl (C=O) groups excluding carboxylic acids is 2. The molecule has 0 spiro atoms. The number of aromatic nitrogens is 2. The molecule has 12 heteroatoms. The average Bonchev–Trinajstić information content (AvgIpc) is 3.11. The van der Waals surface area contributed by atoms with Crippen LogP contribution in [0.3, 0.4) is 0 Å². The molecule has 2 aromatic carbocycles. The fraction of sp³-hybridized carbons (Fsp3) is 0.333. The van der Waals surface area contributed by atoms with Crippen LogP contribution >= 0.6 is 23.1 Å². The Balaban J connectivity index is 1.32. The third-order valence-electron chi connectivity index (χ3n) is 7.29. The molecule has 1 saturated heterocycles. The van der Waals surface area contributed by atoms with Gasteiger partial charge in [0.25, 0.3) is 17.4 Å². The largest absolute Gasteiger partial charge is 0.417 e. The maximum atomic E-state index is 13.6. The van der Waals surface area contributed by atoms with Crippen LogP contribution < -0.4 is 5.56 Å². The van der Waals surface area contributed by atoms with E-state index in [9.17, 15) is 27.6 Å². The third kappa shape index (κ3) is 6.10. The molecule has 0 bridgehead atoms. The number of amides is 2. The summed E-state index contributed by atoms with van der Waals surface area (Å²) in [5, 5.41) is 0.374. The van der Waals surface area contributed by atoms with Gasteiger partial charge in [0.2, 0.25) is 0 Å². The van der Waals surface area contributed by atoms with Crippen molar-refractivity contribution in [2.24, 2.45) is 0 Å². The van der Waals surface area contributed by atoms with Crippen molar-refractivity contribution in [1.29, 1.82) is 0 Å². The number of halogens is 3. The van der Waals surface area contributed by atoms with Crippen LogP contribution in [-0.4, -0.2) is 57.8 Å². The van der Waals surface area contributed by atoms with E-state index >= 15 is 0 Å². The van der Waals surface area contributed by atoms with Gasteiger partial charge in [-0.15, -0.1) is 23.1 Å². The maximum absolute atomic E-state index is 13.6. The Morgan fingerprint density at radius 1 is 1.00 bits per heavy atom. The molecule has 1 N–H and O–H groups in total. The fourth-order valence-corrected chi connectivity index (χ4v) is 7.19. The minimum Gasteiger partial charge on any atom is -0.337 e. The van der Waals surface area contributed by atoms with Gasteiger partial charge in [-0.05, 0) is 56.5 Å². The molecule has 220 valence electrons. The topological polar surface area (TPSA) is 86.4 Å². The number of nitrogens with one attached hydrogen (secondary N) is 1. The number of aryl methyl sites for hydroxylation is 3. The lowest BCUT2D eigenvalue weighted by Gasteiger charge is -2.23. The van der Waals surface area contributed by atoms with Crippen LogP contribution in [0.4, 0.5) is 13.2 Å². The average molecular weight is 615 g/mol. The van der Waals surface area contributed by atoms with Crippen LogP contribution in [0, 0.1) is 20.8 Å². The summed E-state index contributed by atoms with van der Waals surface area (Å²) in [6, 6.07) is 10.9. The first-order valence-corrected chi connectivity index (χ1v) is 15.2. The number of thiophene rings is 1. The summed E-state index contributed by atoms with van der Waals surface area (Å²) in [6.07, 6.45) is -4.24. The van der Waals surface area contributed by atoms with E-state index in [0.717, 1.165) is 33.4 Å². The summed E-state index contributed by atoms with van der Waals surface area (Å²) >= 11 is 2.74. The van der Waals surface area contributed by atoms with E-state index in [1.54, 1.807) is 23.6 Å². The SMILES string of the molecule is Cc1ccc(C)c(SCc2nc3sc(C(=O)N4CCCN(C(=O)c5ccccc5C(F)(F)F)CC4)c(C)c3c(=O)[nH]2)c1. The zero-order valence-corrected chi connectivity index (χ0v) is 24.9. The van der Waals surface area contributed by atoms with Crippen molar-refractivity contribution in [2.75, 3.05) is 26.2 Å². The van der Waals surface area contributed by atoms with E-state index in [4.69, 9.17) is 0 Å². The Morgan fingerprint density at radius 3 is 2.40 bits per heavy atom. The van der Waals surface area contributed by atoms with E-state index in [1.807, 2.05) is 19.9 Å². The predicted molar refractivity (Wildman–Crippen MR) is 158 cm³/mol. The molecule has 0 atom stereocenters. The second-order valence-electron chi connectivity index (χ2n) is 10.3. The molecule has 0 saturated carbocycles. The van der Waals surface area contributed by atoms with Gasteiger partial charge in [-0.25, -0.2) is 4.98 Å². The molecule has 2 aromatic heterocycles. The molecule has 0 unspecified atom stereocenters.